The van der Waals surface area contributed by atoms with E-state index in [-0.39, 0.29) is 49.7 Å². The Morgan fingerprint density at radius 3 is 2.27 bits per heavy atom. The molecule has 0 aliphatic carbocycles. The third-order valence-electron chi connectivity index (χ3n) is 14.1. The highest BCUT2D eigenvalue weighted by Crippen LogP contribution is 2.43. The van der Waals surface area contributed by atoms with Crippen LogP contribution in [-0.2, 0) is 33.2 Å². The van der Waals surface area contributed by atoms with Gasteiger partial charge in [0, 0.05) is 32.0 Å². The van der Waals surface area contributed by atoms with Crippen LogP contribution in [0.2, 0.25) is 0 Å². The normalized spacial score (nSPS) is 43.7. The van der Waals surface area contributed by atoms with E-state index >= 15 is 0 Å². The second kappa shape index (κ2) is 22.2. The zero-order valence-corrected chi connectivity index (χ0v) is 40.4. The van der Waals surface area contributed by atoms with Crippen molar-refractivity contribution in [3.05, 3.63) is 29.6 Å². The van der Waals surface area contributed by atoms with Crippen molar-refractivity contribution in [2.45, 2.75) is 205 Å². The number of carbonyl (C=O) groups excluding carboxylic acids is 1. The Bertz CT molecular complexity index is 1610. The van der Waals surface area contributed by atoms with Crippen molar-refractivity contribution in [1.29, 1.82) is 0 Å². The third kappa shape index (κ3) is 12.3. The zero-order valence-electron chi connectivity index (χ0n) is 40.4. The predicted octanol–water partition coefficient (Wildman–Crippen LogP) is 4.12. The largest absolute Gasteiger partial charge is 0.483 e. The number of cyclic esters (lactones) is 1. The number of ether oxygens (including phenoxy) is 7. The van der Waals surface area contributed by atoms with Crippen LogP contribution in [0.25, 0.3) is 0 Å². The van der Waals surface area contributed by atoms with E-state index in [4.69, 9.17) is 33.2 Å². The van der Waals surface area contributed by atoms with Gasteiger partial charge in [-0.05, 0) is 131 Å². The number of benzene rings is 1. The first-order valence-corrected chi connectivity index (χ1v) is 23.2. The van der Waals surface area contributed by atoms with E-state index in [1.807, 2.05) is 41.7 Å². The van der Waals surface area contributed by atoms with Crippen LogP contribution in [0.4, 0.5) is 4.39 Å². The van der Waals surface area contributed by atoms with Gasteiger partial charge in [0.15, 0.2) is 18.7 Å². The second-order valence-corrected chi connectivity index (χ2v) is 19.6. The van der Waals surface area contributed by atoms with Crippen LogP contribution in [0.15, 0.2) is 18.2 Å². The van der Waals surface area contributed by atoms with Crippen LogP contribution < -0.4 is 20.7 Å². The molecule has 0 saturated carbocycles. The molecule has 16 heteroatoms. The molecule has 63 heavy (non-hydrogen) atoms. The zero-order chi connectivity index (χ0) is 47.2. The monoisotopic (exact) mass is 900 g/mol. The minimum absolute atomic E-state index is 0.0736. The van der Waals surface area contributed by atoms with Gasteiger partial charge in [0.1, 0.15) is 40.6 Å². The summed E-state index contributed by atoms with van der Waals surface area (Å²) in [4.78, 5) is 14.5. The number of esters is 1. The van der Waals surface area contributed by atoms with Crippen LogP contribution in [-0.4, -0.2) is 150 Å². The molecule has 3 fully saturated rings. The van der Waals surface area contributed by atoms with Crippen molar-refractivity contribution >= 4 is 5.97 Å². The highest BCUT2D eigenvalue weighted by Gasteiger charge is 2.58. The van der Waals surface area contributed by atoms with Gasteiger partial charge in [-0.15, -0.1) is 0 Å². The van der Waals surface area contributed by atoms with E-state index < -0.39 is 95.5 Å². The van der Waals surface area contributed by atoms with Crippen LogP contribution in [0.1, 0.15) is 114 Å². The molecule has 18 atom stereocenters. The summed E-state index contributed by atoms with van der Waals surface area (Å²) in [5.74, 6) is -2.73. The van der Waals surface area contributed by atoms with Gasteiger partial charge in [0.2, 0.25) is 0 Å². The van der Waals surface area contributed by atoms with Gasteiger partial charge in [0.05, 0.1) is 42.0 Å². The van der Waals surface area contributed by atoms with Gasteiger partial charge in [-0.2, -0.15) is 0 Å². The van der Waals surface area contributed by atoms with E-state index in [2.05, 4.69) is 16.0 Å². The topological polar surface area (TPSA) is 199 Å². The van der Waals surface area contributed by atoms with Crippen molar-refractivity contribution in [2.24, 2.45) is 17.8 Å². The number of likely N-dealkylation sites (N-methyl/N-ethyl adjacent to an activating group) is 1. The molecular formula is C47H82FN3O12. The molecule has 0 bridgehead atoms. The maximum Gasteiger partial charge on any atom is 0.311 e. The summed E-state index contributed by atoms with van der Waals surface area (Å²) in [6.45, 7) is 22.5. The first-order valence-electron chi connectivity index (χ1n) is 23.2. The highest BCUT2D eigenvalue weighted by atomic mass is 19.1. The Morgan fingerprint density at radius 2 is 1.67 bits per heavy atom. The summed E-state index contributed by atoms with van der Waals surface area (Å²) < 4.78 is 60.2. The molecule has 1 aromatic rings. The summed E-state index contributed by atoms with van der Waals surface area (Å²) in [6, 6.07) is 3.61. The number of aliphatic hydroxyl groups excluding tert-OH is 1. The maximum absolute atomic E-state index is 14.5. The fourth-order valence-electron chi connectivity index (χ4n) is 9.97. The lowest BCUT2D eigenvalue weighted by atomic mass is 9.75. The van der Waals surface area contributed by atoms with Crippen molar-refractivity contribution in [3.8, 4) is 5.75 Å². The minimum Gasteiger partial charge on any atom is -0.483 e. The molecule has 0 radical (unpaired) electrons. The van der Waals surface area contributed by atoms with Crippen molar-refractivity contribution < 1.29 is 62.8 Å². The number of methoxy groups -OCH3 is 1. The van der Waals surface area contributed by atoms with Crippen LogP contribution in [0.5, 0.6) is 5.75 Å². The Kier molecular flexibility index (Phi) is 18.8. The molecule has 3 heterocycles. The predicted molar refractivity (Wildman–Crippen MR) is 237 cm³/mol. The molecule has 3 aliphatic rings. The van der Waals surface area contributed by atoms with Gasteiger partial charge in [0.25, 0.3) is 0 Å². The molecule has 7 N–H and O–H groups in total. The molecule has 3 aliphatic heterocycles. The molecule has 4 rings (SSSR count). The molecular weight excluding hydrogens is 818 g/mol. The van der Waals surface area contributed by atoms with E-state index in [1.165, 1.54) is 20.1 Å². The smallest absolute Gasteiger partial charge is 0.311 e. The van der Waals surface area contributed by atoms with Crippen LogP contribution in [0, 0.1) is 30.5 Å². The standard InChI is InChI=1S/C47H82FN3O12/c1-15-19-50-25-47(56)32(9)59-37(23-45(47,11)57-14)62-38-29(6)41(63-43-39(35(49-13)21-28(5)58-43)60-33-17-18-34(48)27(4)20-33)44(10,54)22-26(3)24-51-31(8)40(52)46(12,55)36(16-2)61-42(53)30(38)7/h17-18,20,26,28-32,35-41,43,49-52,54-56H,15-16,19,21-25H2,1-14H3/t26-,28-,29+,30-,31-,32+,35+,36-,37+,38+,39-,40-,41-,43+,44-,45-,46-,47+/m1/s1. The number of aliphatic hydroxyl groups is 4. The summed E-state index contributed by atoms with van der Waals surface area (Å²) >= 11 is 0. The maximum atomic E-state index is 14.5. The number of hydrogen-bond acceptors (Lipinski definition) is 15. The average Bonchev–Trinajstić information content (AvgIpc) is 3.22. The van der Waals surface area contributed by atoms with Crippen molar-refractivity contribution in [2.75, 3.05) is 33.8 Å². The Labute approximate surface area is 375 Å². The Morgan fingerprint density at radius 1 is 0.984 bits per heavy atom. The van der Waals surface area contributed by atoms with Gasteiger partial charge in [-0.3, -0.25) is 4.79 Å². The van der Waals surface area contributed by atoms with E-state index in [1.54, 1.807) is 53.7 Å². The SMILES string of the molecule is CCCNC[C@]1(O)[C@H](C)O[C@@H](O[C@H]2[C@H](C)[C@@H](O[C@@H]3O[C@H](C)C[C@H](NC)[C@H]3Oc3ccc(F)c(C)c3)[C@](C)(O)C[C@@H](C)CN[C@H](C)[C@@H](O)[C@](C)(O)[C@@H](CC)OC(=O)[C@@H]2C)C[C@@]1(C)OC. The number of aryl methyl sites for hydroxylation is 1. The van der Waals surface area contributed by atoms with Crippen LogP contribution in [0.3, 0.4) is 0 Å². The lowest BCUT2D eigenvalue weighted by Crippen LogP contribution is -2.70. The lowest BCUT2D eigenvalue weighted by molar-refractivity contribution is -0.335. The molecule has 0 unspecified atom stereocenters. The lowest BCUT2D eigenvalue weighted by Gasteiger charge is -2.53. The average molecular weight is 900 g/mol. The van der Waals surface area contributed by atoms with E-state index in [0.717, 1.165) is 6.42 Å². The van der Waals surface area contributed by atoms with Gasteiger partial charge < -0.3 is 69.5 Å². The van der Waals surface area contributed by atoms with Crippen molar-refractivity contribution in [1.82, 2.24) is 16.0 Å². The number of nitrogens with one attached hydrogen (secondary N) is 3. The Balaban J connectivity index is 1.85. The van der Waals surface area contributed by atoms with Gasteiger partial charge in [-0.25, -0.2) is 4.39 Å². The molecule has 15 nitrogen and oxygen atoms in total. The number of halogens is 1. The highest BCUT2D eigenvalue weighted by molar-refractivity contribution is 5.73. The van der Waals surface area contributed by atoms with Gasteiger partial charge >= 0.3 is 5.97 Å². The summed E-state index contributed by atoms with van der Waals surface area (Å²) in [5.41, 5.74) is -5.67. The summed E-state index contributed by atoms with van der Waals surface area (Å²) in [5, 5.41) is 58.2. The molecule has 0 spiro atoms. The quantitative estimate of drug-likeness (QED) is 0.110. The molecule has 1 aromatic carbocycles. The molecule has 0 aromatic heterocycles. The van der Waals surface area contributed by atoms with Crippen LogP contribution >= 0.6 is 0 Å². The summed E-state index contributed by atoms with van der Waals surface area (Å²) in [7, 11) is 3.35. The Hall–Kier alpha value is -2.06. The second-order valence-electron chi connectivity index (χ2n) is 19.6. The number of rotatable bonds is 13. The molecule has 3 saturated heterocycles. The first-order chi connectivity index (χ1) is 29.4. The van der Waals surface area contributed by atoms with E-state index in [0.29, 0.717) is 30.8 Å². The molecule has 0 amide bonds. The van der Waals surface area contributed by atoms with Gasteiger partial charge in [-0.1, -0.05) is 27.7 Å². The fraction of sp³-hybridized carbons (Fsp3) is 0.851. The number of carbonyl (C=O) groups is 1. The fourth-order valence-corrected chi connectivity index (χ4v) is 9.97. The minimum atomic E-state index is -1.84. The third-order valence-corrected chi connectivity index (χ3v) is 14.1. The van der Waals surface area contributed by atoms with Crippen molar-refractivity contribution in [3.63, 3.8) is 0 Å². The number of hydrogen-bond donors (Lipinski definition) is 7. The first kappa shape index (κ1) is 53.6. The van der Waals surface area contributed by atoms with E-state index in [9.17, 15) is 29.6 Å². The molecule has 364 valence electrons. The summed E-state index contributed by atoms with van der Waals surface area (Å²) in [6.07, 6.45) is -6.66.